The van der Waals surface area contributed by atoms with Crippen LogP contribution in [0.25, 0.3) is 5.65 Å². The monoisotopic (exact) mass is 527 g/mol. The van der Waals surface area contributed by atoms with Crippen molar-refractivity contribution in [2.45, 2.75) is 36.7 Å². The summed E-state index contributed by atoms with van der Waals surface area (Å²) in [6.07, 6.45) is 10.1. The Balaban J connectivity index is 1.32. The smallest absolute Gasteiger partial charge is 0.243 e. The van der Waals surface area contributed by atoms with E-state index in [4.69, 9.17) is 16.4 Å². The quantitative estimate of drug-likeness (QED) is 0.122. The third-order valence-electron chi connectivity index (χ3n) is 6.13. The number of aromatic nitrogens is 4. The fourth-order valence-corrected chi connectivity index (χ4v) is 5.02. The summed E-state index contributed by atoms with van der Waals surface area (Å²) in [5, 5.41) is 8.46. The summed E-state index contributed by atoms with van der Waals surface area (Å²) >= 11 is 0. The molecule has 0 bridgehead atoms. The molecule has 1 fully saturated rings. The van der Waals surface area contributed by atoms with Gasteiger partial charge in [0.05, 0.1) is 31.2 Å². The SMILES string of the molecule is COc1ccc(N(N)/C=N\N)c(CNS(=O)(=O)c2cnn(Cc3cn4cc(C5CC5)ccc4n3)c2)c1F. The molecule has 0 amide bonds. The lowest BCUT2D eigenvalue weighted by atomic mass is 10.1. The van der Waals surface area contributed by atoms with Crippen LogP contribution in [0.15, 0.2) is 59.0 Å². The van der Waals surface area contributed by atoms with Gasteiger partial charge in [0.1, 0.15) is 16.9 Å². The zero-order chi connectivity index (χ0) is 26.2. The Bertz CT molecular complexity index is 1580. The van der Waals surface area contributed by atoms with Crippen molar-refractivity contribution in [3.8, 4) is 5.75 Å². The van der Waals surface area contributed by atoms with Crippen LogP contribution in [0.4, 0.5) is 10.1 Å². The molecule has 4 aromatic rings. The molecule has 1 aliphatic carbocycles. The number of rotatable bonds is 10. The van der Waals surface area contributed by atoms with Crippen molar-refractivity contribution in [1.29, 1.82) is 0 Å². The van der Waals surface area contributed by atoms with Gasteiger partial charge in [-0.25, -0.2) is 28.4 Å². The Morgan fingerprint density at radius 2 is 2.08 bits per heavy atom. The standard InChI is InChI=1S/C23H26FN9O3S/c1-36-21-6-5-20(33(26)14-27-25)19(23(21)24)9-29-37(34,35)18-8-28-32(13-18)12-17-11-31-10-16(15-2-3-15)4-7-22(31)30-17/h4-8,10-11,13-15,29H,2-3,9,12,25-26H2,1H3/b27-14-. The lowest BCUT2D eigenvalue weighted by molar-refractivity contribution is 0.384. The largest absolute Gasteiger partial charge is 0.494 e. The van der Waals surface area contributed by atoms with E-state index in [-0.39, 0.29) is 28.4 Å². The van der Waals surface area contributed by atoms with Crippen LogP contribution in [-0.2, 0) is 23.1 Å². The first-order valence-electron chi connectivity index (χ1n) is 11.4. The number of ether oxygens (including phenoxy) is 1. The first-order valence-corrected chi connectivity index (χ1v) is 12.9. The average molecular weight is 528 g/mol. The van der Waals surface area contributed by atoms with Gasteiger partial charge in [0, 0.05) is 30.7 Å². The molecule has 37 heavy (non-hydrogen) atoms. The molecule has 1 aliphatic rings. The molecule has 1 saturated carbocycles. The van der Waals surface area contributed by atoms with Crippen LogP contribution in [0, 0.1) is 5.82 Å². The van der Waals surface area contributed by atoms with E-state index in [1.54, 1.807) is 0 Å². The normalized spacial score (nSPS) is 14.0. The topological polar surface area (TPSA) is 158 Å². The number of imidazole rings is 1. The van der Waals surface area contributed by atoms with E-state index >= 15 is 0 Å². The summed E-state index contributed by atoms with van der Waals surface area (Å²) in [6, 6.07) is 6.90. The van der Waals surface area contributed by atoms with Crippen molar-refractivity contribution in [1.82, 2.24) is 23.9 Å². The Hall–Kier alpha value is -4.01. The Labute approximate surface area is 212 Å². The van der Waals surface area contributed by atoms with Crippen molar-refractivity contribution < 1.29 is 17.5 Å². The van der Waals surface area contributed by atoms with Gasteiger partial charge in [-0.1, -0.05) is 6.07 Å². The highest BCUT2D eigenvalue weighted by Crippen LogP contribution is 2.39. The number of halogens is 1. The number of pyridine rings is 1. The molecule has 14 heteroatoms. The lowest BCUT2D eigenvalue weighted by Crippen LogP contribution is -2.32. The molecule has 0 saturated heterocycles. The van der Waals surface area contributed by atoms with Crippen LogP contribution < -0.4 is 26.2 Å². The van der Waals surface area contributed by atoms with Crippen molar-refractivity contribution in [2.75, 3.05) is 12.1 Å². The number of nitrogens with one attached hydrogen (secondary N) is 1. The van der Waals surface area contributed by atoms with Gasteiger partial charge in [0.25, 0.3) is 0 Å². The highest BCUT2D eigenvalue weighted by Gasteiger charge is 2.24. The minimum Gasteiger partial charge on any atom is -0.494 e. The van der Waals surface area contributed by atoms with Crippen molar-refractivity contribution in [3.05, 3.63) is 71.7 Å². The number of hydrazine groups is 1. The van der Waals surface area contributed by atoms with Crippen molar-refractivity contribution in [2.24, 2.45) is 16.8 Å². The third-order valence-corrected chi connectivity index (χ3v) is 7.48. The molecule has 0 radical (unpaired) electrons. The molecule has 0 spiro atoms. The van der Waals surface area contributed by atoms with Crippen molar-refractivity contribution >= 4 is 27.7 Å². The molecule has 0 atom stereocenters. The summed E-state index contributed by atoms with van der Waals surface area (Å²) in [4.78, 5) is 4.51. The maximum Gasteiger partial charge on any atom is 0.243 e. The maximum absolute atomic E-state index is 15.0. The number of benzene rings is 1. The number of hydrazone groups is 1. The summed E-state index contributed by atoms with van der Waals surface area (Å²) in [5.74, 6) is 10.8. The Morgan fingerprint density at radius 1 is 1.27 bits per heavy atom. The zero-order valence-electron chi connectivity index (χ0n) is 20.0. The molecule has 12 nitrogen and oxygen atoms in total. The number of methoxy groups -OCH3 is 1. The minimum absolute atomic E-state index is 0.0482. The average Bonchev–Trinajstić information content (AvgIpc) is 3.48. The molecular formula is C23H26FN9O3S. The van der Waals surface area contributed by atoms with Gasteiger partial charge in [0.2, 0.25) is 10.0 Å². The predicted octanol–water partition coefficient (Wildman–Crippen LogP) is 1.66. The molecule has 3 heterocycles. The number of hydrogen-bond donors (Lipinski definition) is 3. The maximum atomic E-state index is 15.0. The molecule has 0 unspecified atom stereocenters. The Kier molecular flexibility index (Phi) is 6.54. The fraction of sp³-hybridized carbons (Fsp3) is 0.261. The van der Waals surface area contributed by atoms with Crippen LogP contribution in [0.1, 0.15) is 35.6 Å². The number of anilines is 1. The van der Waals surface area contributed by atoms with Crippen LogP contribution in [-0.4, -0.2) is 41.0 Å². The van der Waals surface area contributed by atoms with Gasteiger partial charge in [-0.2, -0.15) is 10.2 Å². The first kappa shape index (κ1) is 24.7. The summed E-state index contributed by atoms with van der Waals surface area (Å²) in [7, 11) is -2.74. The second-order valence-electron chi connectivity index (χ2n) is 8.68. The second-order valence-corrected chi connectivity index (χ2v) is 10.5. The van der Waals surface area contributed by atoms with Crippen LogP contribution in [0.3, 0.4) is 0 Å². The predicted molar refractivity (Wildman–Crippen MR) is 135 cm³/mol. The number of fused-ring (bicyclic) bond motifs is 1. The summed E-state index contributed by atoms with van der Waals surface area (Å²) < 4.78 is 51.8. The van der Waals surface area contributed by atoms with Gasteiger partial charge in [0.15, 0.2) is 11.6 Å². The molecule has 0 aliphatic heterocycles. The van der Waals surface area contributed by atoms with Gasteiger partial charge >= 0.3 is 0 Å². The van der Waals surface area contributed by atoms with Gasteiger partial charge < -0.3 is 15.0 Å². The van der Waals surface area contributed by atoms with Gasteiger partial charge in [-0.05, 0) is 42.5 Å². The van der Waals surface area contributed by atoms with Crippen molar-refractivity contribution in [3.63, 3.8) is 0 Å². The molecule has 3 aromatic heterocycles. The fourth-order valence-electron chi connectivity index (χ4n) is 4.07. The van der Waals surface area contributed by atoms with E-state index in [0.29, 0.717) is 5.92 Å². The number of nitrogens with zero attached hydrogens (tertiary/aromatic N) is 6. The number of sulfonamides is 1. The van der Waals surface area contributed by atoms with E-state index in [2.05, 4.69) is 32.2 Å². The van der Waals surface area contributed by atoms with E-state index in [9.17, 15) is 12.8 Å². The van der Waals surface area contributed by atoms with E-state index in [1.165, 1.54) is 54.7 Å². The molecular weight excluding hydrogens is 501 g/mol. The van der Waals surface area contributed by atoms with E-state index in [1.807, 2.05) is 16.7 Å². The number of nitrogens with two attached hydrogens (primary N) is 2. The van der Waals surface area contributed by atoms with Crippen LogP contribution in [0.5, 0.6) is 5.75 Å². The lowest BCUT2D eigenvalue weighted by Gasteiger charge is -2.19. The van der Waals surface area contributed by atoms with Crippen LogP contribution in [0.2, 0.25) is 0 Å². The highest BCUT2D eigenvalue weighted by atomic mass is 32.2. The molecule has 5 rings (SSSR count). The Morgan fingerprint density at radius 3 is 2.81 bits per heavy atom. The summed E-state index contributed by atoms with van der Waals surface area (Å²) in [6.45, 7) is -0.126. The summed E-state index contributed by atoms with van der Waals surface area (Å²) in [5.41, 5.74) is 2.95. The highest BCUT2D eigenvalue weighted by molar-refractivity contribution is 7.89. The first-order chi connectivity index (χ1) is 17.8. The van der Waals surface area contributed by atoms with E-state index in [0.717, 1.165) is 22.7 Å². The number of hydrogen-bond acceptors (Lipinski definition) is 8. The van der Waals surface area contributed by atoms with Gasteiger partial charge in [-0.15, -0.1) is 0 Å². The minimum atomic E-state index is -4.04. The van der Waals surface area contributed by atoms with E-state index < -0.39 is 22.4 Å². The third kappa shape index (κ3) is 5.12. The molecule has 1 aromatic carbocycles. The second kappa shape index (κ2) is 9.80. The van der Waals surface area contributed by atoms with Crippen LogP contribution >= 0.6 is 0 Å². The molecule has 194 valence electrons. The zero-order valence-corrected chi connectivity index (χ0v) is 20.8. The molecule has 5 N–H and O–H groups in total. The van der Waals surface area contributed by atoms with Gasteiger partial charge in [-0.3, -0.25) is 9.69 Å².